The third-order valence-electron chi connectivity index (χ3n) is 3.78. The van der Waals surface area contributed by atoms with E-state index in [-0.39, 0.29) is 30.0 Å². The van der Waals surface area contributed by atoms with Crippen molar-refractivity contribution in [2.24, 2.45) is 5.92 Å². The molecule has 1 heterocycles. The number of benzene rings is 1. The zero-order valence-electron chi connectivity index (χ0n) is 13.2. The number of carbonyl (C=O) groups is 1. The second-order valence-corrected chi connectivity index (χ2v) is 8.50. The van der Waals surface area contributed by atoms with Crippen molar-refractivity contribution in [3.63, 3.8) is 0 Å². The van der Waals surface area contributed by atoms with E-state index < -0.39 is 10.0 Å². The smallest absolute Gasteiger partial charge is 0.224 e. The number of rotatable bonds is 6. The lowest BCUT2D eigenvalue weighted by atomic mass is 10.1. The molecule has 0 saturated carbocycles. The van der Waals surface area contributed by atoms with Gasteiger partial charge in [-0.2, -0.15) is 0 Å². The summed E-state index contributed by atoms with van der Waals surface area (Å²) < 4.78 is 30.5. The molecule has 6 nitrogen and oxygen atoms in total. The molecule has 0 unspecified atom stereocenters. The minimum absolute atomic E-state index is 0.0396. The van der Waals surface area contributed by atoms with Gasteiger partial charge in [-0.3, -0.25) is 4.79 Å². The van der Waals surface area contributed by atoms with Crippen molar-refractivity contribution in [3.05, 3.63) is 34.9 Å². The maximum absolute atomic E-state index is 12.2. The normalized spacial score (nSPS) is 21.6. The van der Waals surface area contributed by atoms with Gasteiger partial charge in [0.05, 0.1) is 31.4 Å². The Balaban J connectivity index is 1.94. The predicted molar refractivity (Wildman–Crippen MR) is 88.9 cm³/mol. The highest BCUT2D eigenvalue weighted by molar-refractivity contribution is 7.89. The Morgan fingerprint density at radius 2 is 2.13 bits per heavy atom. The summed E-state index contributed by atoms with van der Waals surface area (Å²) in [5, 5.41) is 3.45. The van der Waals surface area contributed by atoms with Gasteiger partial charge in [-0.25, -0.2) is 12.7 Å². The summed E-state index contributed by atoms with van der Waals surface area (Å²) in [6, 6.07) is 6.80. The molecule has 1 aromatic rings. The van der Waals surface area contributed by atoms with Crippen LogP contribution in [0.5, 0.6) is 0 Å². The molecule has 1 aromatic carbocycles. The standard InChI is InChI=1S/C15H21ClN2O4S/c1-18(2)23(20,21)10-12-8-22-9-14(12)17-15(19)7-11-4-3-5-13(16)6-11/h3-6,12,14H,7-10H2,1-2H3,(H,17,19)/t12-,14+/m0/s1. The SMILES string of the molecule is CN(C)S(=O)(=O)C[C@@H]1COC[C@H]1NC(=O)Cc1cccc(Cl)c1. The molecule has 0 radical (unpaired) electrons. The zero-order chi connectivity index (χ0) is 17.0. The molecular weight excluding hydrogens is 340 g/mol. The molecule has 1 N–H and O–H groups in total. The molecule has 8 heteroatoms. The van der Waals surface area contributed by atoms with Crippen LogP contribution in [0.25, 0.3) is 0 Å². The molecule has 1 aliphatic heterocycles. The van der Waals surface area contributed by atoms with Crippen molar-refractivity contribution in [1.82, 2.24) is 9.62 Å². The molecule has 1 aliphatic rings. The van der Waals surface area contributed by atoms with Crippen LogP contribution in [0.15, 0.2) is 24.3 Å². The maximum atomic E-state index is 12.2. The molecule has 0 aliphatic carbocycles. The molecule has 1 saturated heterocycles. The Hall–Kier alpha value is -1.15. The predicted octanol–water partition coefficient (Wildman–Crippen LogP) is 0.905. The van der Waals surface area contributed by atoms with E-state index in [1.165, 1.54) is 18.4 Å². The average molecular weight is 361 g/mol. The highest BCUT2D eigenvalue weighted by atomic mass is 35.5. The molecule has 0 aromatic heterocycles. The summed E-state index contributed by atoms with van der Waals surface area (Å²) >= 11 is 5.90. The monoisotopic (exact) mass is 360 g/mol. The van der Waals surface area contributed by atoms with Crippen molar-refractivity contribution in [1.29, 1.82) is 0 Å². The number of halogens is 1. The van der Waals surface area contributed by atoms with Crippen molar-refractivity contribution in [2.75, 3.05) is 33.1 Å². The van der Waals surface area contributed by atoms with Gasteiger partial charge in [0.1, 0.15) is 0 Å². The third kappa shape index (κ3) is 5.17. The van der Waals surface area contributed by atoms with E-state index >= 15 is 0 Å². The molecule has 2 rings (SSSR count). The van der Waals surface area contributed by atoms with E-state index in [9.17, 15) is 13.2 Å². The highest BCUT2D eigenvalue weighted by Gasteiger charge is 2.34. The Morgan fingerprint density at radius 1 is 1.39 bits per heavy atom. The van der Waals surface area contributed by atoms with E-state index in [0.29, 0.717) is 18.2 Å². The van der Waals surface area contributed by atoms with Crippen molar-refractivity contribution >= 4 is 27.5 Å². The summed E-state index contributed by atoms with van der Waals surface area (Å²) in [5.74, 6) is -0.456. The Bertz CT molecular complexity index is 663. The Kier molecular flexibility index (Phi) is 6.02. The summed E-state index contributed by atoms with van der Waals surface area (Å²) in [5.41, 5.74) is 0.811. The van der Waals surface area contributed by atoms with E-state index in [4.69, 9.17) is 16.3 Å². The van der Waals surface area contributed by atoms with Gasteiger partial charge in [-0.15, -0.1) is 0 Å². The van der Waals surface area contributed by atoms with Crippen LogP contribution < -0.4 is 5.32 Å². The largest absolute Gasteiger partial charge is 0.379 e. The van der Waals surface area contributed by atoms with Crippen LogP contribution in [-0.4, -0.2) is 57.7 Å². The zero-order valence-corrected chi connectivity index (χ0v) is 14.7. The first kappa shape index (κ1) is 18.2. The number of hydrogen-bond acceptors (Lipinski definition) is 4. The molecule has 2 atom stereocenters. The first-order valence-corrected chi connectivity index (χ1v) is 9.28. The number of nitrogens with zero attached hydrogens (tertiary/aromatic N) is 1. The van der Waals surface area contributed by atoms with Crippen molar-refractivity contribution < 1.29 is 17.9 Å². The molecule has 1 fully saturated rings. The van der Waals surface area contributed by atoms with E-state index in [1.807, 2.05) is 6.07 Å². The van der Waals surface area contributed by atoms with Gasteiger partial charge in [-0.05, 0) is 17.7 Å². The topological polar surface area (TPSA) is 75.7 Å². The van der Waals surface area contributed by atoms with E-state index in [0.717, 1.165) is 5.56 Å². The van der Waals surface area contributed by atoms with Gasteiger partial charge in [0.2, 0.25) is 15.9 Å². The fraction of sp³-hybridized carbons (Fsp3) is 0.533. The lowest BCUT2D eigenvalue weighted by Crippen LogP contribution is -2.44. The van der Waals surface area contributed by atoms with E-state index in [2.05, 4.69) is 5.32 Å². The second kappa shape index (κ2) is 7.61. The highest BCUT2D eigenvalue weighted by Crippen LogP contribution is 2.18. The van der Waals surface area contributed by atoms with Crippen LogP contribution in [0.3, 0.4) is 0 Å². The lowest BCUT2D eigenvalue weighted by molar-refractivity contribution is -0.121. The fourth-order valence-electron chi connectivity index (χ4n) is 2.43. The summed E-state index contributed by atoms with van der Waals surface area (Å²) in [6.07, 6.45) is 0.199. The van der Waals surface area contributed by atoms with Crippen LogP contribution in [0, 0.1) is 5.92 Å². The number of hydrogen-bond donors (Lipinski definition) is 1. The Labute approximate surface area is 141 Å². The van der Waals surface area contributed by atoms with Gasteiger partial charge < -0.3 is 10.1 Å². The first-order chi connectivity index (χ1) is 10.8. The van der Waals surface area contributed by atoms with Gasteiger partial charge in [0, 0.05) is 25.0 Å². The van der Waals surface area contributed by atoms with Crippen LogP contribution >= 0.6 is 11.6 Å². The minimum Gasteiger partial charge on any atom is -0.379 e. The number of carbonyl (C=O) groups excluding carboxylic acids is 1. The number of sulfonamides is 1. The van der Waals surface area contributed by atoms with Crippen molar-refractivity contribution in [2.45, 2.75) is 12.5 Å². The fourth-order valence-corrected chi connectivity index (χ4v) is 3.81. The van der Waals surface area contributed by atoms with Gasteiger partial charge in [0.15, 0.2) is 0 Å². The summed E-state index contributed by atoms with van der Waals surface area (Å²) in [7, 11) is -0.334. The molecule has 0 spiro atoms. The average Bonchev–Trinajstić information content (AvgIpc) is 2.84. The molecule has 128 valence electrons. The number of amides is 1. The molecule has 23 heavy (non-hydrogen) atoms. The Morgan fingerprint density at radius 3 is 2.78 bits per heavy atom. The molecule has 1 amide bonds. The number of ether oxygens (including phenoxy) is 1. The summed E-state index contributed by atoms with van der Waals surface area (Å²) in [6.45, 7) is 0.657. The van der Waals surface area contributed by atoms with Crippen LogP contribution in [0.1, 0.15) is 5.56 Å². The third-order valence-corrected chi connectivity index (χ3v) is 5.98. The van der Waals surface area contributed by atoms with Gasteiger partial charge >= 0.3 is 0 Å². The lowest BCUT2D eigenvalue weighted by Gasteiger charge is -2.21. The van der Waals surface area contributed by atoms with E-state index in [1.54, 1.807) is 18.2 Å². The van der Waals surface area contributed by atoms with Crippen LogP contribution in [0.4, 0.5) is 0 Å². The van der Waals surface area contributed by atoms with Crippen LogP contribution in [0.2, 0.25) is 5.02 Å². The second-order valence-electron chi connectivity index (χ2n) is 5.84. The molecular formula is C15H21ClN2O4S. The maximum Gasteiger partial charge on any atom is 0.224 e. The van der Waals surface area contributed by atoms with Crippen molar-refractivity contribution in [3.8, 4) is 0 Å². The quantitative estimate of drug-likeness (QED) is 0.818. The van der Waals surface area contributed by atoms with Gasteiger partial charge in [-0.1, -0.05) is 23.7 Å². The first-order valence-electron chi connectivity index (χ1n) is 7.29. The molecule has 0 bridgehead atoms. The van der Waals surface area contributed by atoms with Crippen LogP contribution in [-0.2, 0) is 26.0 Å². The minimum atomic E-state index is -3.33. The van der Waals surface area contributed by atoms with Gasteiger partial charge in [0.25, 0.3) is 0 Å². The number of nitrogens with one attached hydrogen (secondary N) is 1. The summed E-state index contributed by atoms with van der Waals surface area (Å²) in [4.78, 5) is 12.2.